The summed E-state index contributed by atoms with van der Waals surface area (Å²) in [6.07, 6.45) is 1.55. The second-order valence-electron chi connectivity index (χ2n) is 7.86. The predicted molar refractivity (Wildman–Crippen MR) is 113 cm³/mol. The summed E-state index contributed by atoms with van der Waals surface area (Å²) in [5.41, 5.74) is 3.64. The fraction of sp³-hybridized carbons (Fsp3) is 0.391. The summed E-state index contributed by atoms with van der Waals surface area (Å²) in [4.78, 5) is 26.9. The van der Waals surface area contributed by atoms with E-state index >= 15 is 0 Å². The summed E-state index contributed by atoms with van der Waals surface area (Å²) in [6.45, 7) is 7.17. The molecule has 1 heterocycles. The lowest BCUT2D eigenvalue weighted by Crippen LogP contribution is -2.43. The van der Waals surface area contributed by atoms with Crippen molar-refractivity contribution >= 4 is 23.3 Å². The van der Waals surface area contributed by atoms with E-state index in [1.807, 2.05) is 32.9 Å². The topological polar surface area (TPSA) is 61.4 Å². The first-order valence-corrected chi connectivity index (χ1v) is 10.0. The number of nitrogens with one attached hydrogen (secondary N) is 2. The van der Waals surface area contributed by atoms with Gasteiger partial charge in [0, 0.05) is 30.4 Å². The third-order valence-electron chi connectivity index (χ3n) is 5.68. The molecule has 0 spiro atoms. The standard InChI is InChI=1S/C23H28FN3O2/c1-15-4-9-21(16(2)14-15)26-22(28)17(3)18-10-12-27(13-11-18)23(29)25-20-7-5-19(24)6-8-20/h4-9,14,17-18H,10-13H2,1-3H3,(H,25,29)(H,26,28). The van der Waals surface area contributed by atoms with E-state index in [0.29, 0.717) is 18.8 Å². The molecule has 6 heteroatoms. The lowest BCUT2D eigenvalue weighted by molar-refractivity contribution is -0.121. The molecule has 2 aromatic carbocycles. The average Bonchev–Trinajstić information content (AvgIpc) is 2.71. The van der Waals surface area contributed by atoms with Gasteiger partial charge < -0.3 is 15.5 Å². The molecular weight excluding hydrogens is 369 g/mol. The van der Waals surface area contributed by atoms with E-state index in [9.17, 15) is 14.0 Å². The van der Waals surface area contributed by atoms with E-state index in [-0.39, 0.29) is 29.6 Å². The number of hydrogen-bond acceptors (Lipinski definition) is 2. The maximum atomic E-state index is 13.0. The molecule has 154 valence electrons. The molecule has 1 aliphatic heterocycles. The highest BCUT2D eigenvalue weighted by atomic mass is 19.1. The first-order chi connectivity index (χ1) is 13.8. The zero-order valence-electron chi connectivity index (χ0n) is 17.2. The Balaban J connectivity index is 1.50. The molecule has 1 fully saturated rings. The van der Waals surface area contributed by atoms with Crippen LogP contribution in [0.1, 0.15) is 30.9 Å². The SMILES string of the molecule is Cc1ccc(NC(=O)C(C)C2CCN(C(=O)Nc3ccc(F)cc3)CC2)c(C)c1. The summed E-state index contributed by atoms with van der Waals surface area (Å²) in [6, 6.07) is 11.5. The van der Waals surface area contributed by atoms with Crippen LogP contribution in [0.3, 0.4) is 0 Å². The Morgan fingerprint density at radius 1 is 1.03 bits per heavy atom. The third-order valence-corrected chi connectivity index (χ3v) is 5.68. The minimum atomic E-state index is -0.336. The first kappa shape index (κ1) is 20.8. The van der Waals surface area contributed by atoms with Crippen LogP contribution < -0.4 is 10.6 Å². The van der Waals surface area contributed by atoms with Crippen molar-refractivity contribution in [3.8, 4) is 0 Å². The van der Waals surface area contributed by atoms with Crippen LogP contribution >= 0.6 is 0 Å². The number of amides is 3. The highest BCUT2D eigenvalue weighted by Crippen LogP contribution is 2.27. The second kappa shape index (κ2) is 9.07. The van der Waals surface area contributed by atoms with Gasteiger partial charge in [0.15, 0.2) is 0 Å². The first-order valence-electron chi connectivity index (χ1n) is 10.0. The van der Waals surface area contributed by atoms with Crippen molar-refractivity contribution in [2.24, 2.45) is 11.8 Å². The minimum absolute atomic E-state index is 0.0196. The maximum Gasteiger partial charge on any atom is 0.321 e. The van der Waals surface area contributed by atoms with Gasteiger partial charge in [0.1, 0.15) is 5.82 Å². The van der Waals surface area contributed by atoms with Gasteiger partial charge in [0.2, 0.25) is 5.91 Å². The number of hydrogen-bond donors (Lipinski definition) is 2. The van der Waals surface area contributed by atoms with Gasteiger partial charge in [-0.3, -0.25) is 4.79 Å². The quantitative estimate of drug-likeness (QED) is 0.766. The number of likely N-dealkylation sites (tertiary alicyclic amines) is 1. The zero-order chi connectivity index (χ0) is 21.0. The molecule has 3 amide bonds. The zero-order valence-corrected chi connectivity index (χ0v) is 17.2. The van der Waals surface area contributed by atoms with Crippen LogP contribution in [0, 0.1) is 31.5 Å². The monoisotopic (exact) mass is 397 g/mol. The Hall–Kier alpha value is -2.89. The molecule has 0 radical (unpaired) electrons. The molecule has 1 saturated heterocycles. The van der Waals surface area contributed by atoms with Crippen LogP contribution in [0.15, 0.2) is 42.5 Å². The molecule has 1 unspecified atom stereocenters. The minimum Gasteiger partial charge on any atom is -0.326 e. The summed E-state index contributed by atoms with van der Waals surface area (Å²) >= 11 is 0. The predicted octanol–water partition coefficient (Wildman–Crippen LogP) is 4.96. The highest BCUT2D eigenvalue weighted by molar-refractivity contribution is 5.93. The number of carbonyl (C=O) groups excluding carboxylic acids is 2. The van der Waals surface area contributed by atoms with E-state index in [0.717, 1.165) is 24.1 Å². The Morgan fingerprint density at radius 3 is 2.31 bits per heavy atom. The van der Waals surface area contributed by atoms with Crippen molar-refractivity contribution in [2.45, 2.75) is 33.6 Å². The number of aryl methyl sites for hydroxylation is 2. The number of urea groups is 1. The molecule has 2 aromatic rings. The average molecular weight is 397 g/mol. The second-order valence-corrected chi connectivity index (χ2v) is 7.86. The molecule has 0 aliphatic carbocycles. The van der Waals surface area contributed by atoms with Gasteiger partial charge >= 0.3 is 6.03 Å². The number of halogens is 1. The van der Waals surface area contributed by atoms with Crippen molar-refractivity contribution in [1.82, 2.24) is 4.90 Å². The Morgan fingerprint density at radius 2 is 1.69 bits per heavy atom. The van der Waals surface area contributed by atoms with Crippen molar-refractivity contribution in [2.75, 3.05) is 23.7 Å². The van der Waals surface area contributed by atoms with Gasteiger partial charge in [-0.1, -0.05) is 24.6 Å². The van der Waals surface area contributed by atoms with E-state index in [2.05, 4.69) is 16.7 Å². The molecule has 0 bridgehead atoms. The number of benzene rings is 2. The van der Waals surface area contributed by atoms with Gasteiger partial charge in [-0.2, -0.15) is 0 Å². The number of rotatable bonds is 4. The lowest BCUT2D eigenvalue weighted by Gasteiger charge is -2.34. The van der Waals surface area contributed by atoms with E-state index < -0.39 is 0 Å². The van der Waals surface area contributed by atoms with Crippen LogP contribution in [0.4, 0.5) is 20.6 Å². The fourth-order valence-corrected chi connectivity index (χ4v) is 3.75. The Labute approximate surface area is 171 Å². The summed E-state index contributed by atoms with van der Waals surface area (Å²) < 4.78 is 13.0. The summed E-state index contributed by atoms with van der Waals surface area (Å²) in [5, 5.41) is 5.83. The van der Waals surface area contributed by atoms with Gasteiger partial charge in [-0.25, -0.2) is 9.18 Å². The van der Waals surface area contributed by atoms with Gasteiger partial charge in [-0.15, -0.1) is 0 Å². The number of anilines is 2. The van der Waals surface area contributed by atoms with E-state index in [4.69, 9.17) is 0 Å². The highest BCUT2D eigenvalue weighted by Gasteiger charge is 2.30. The molecule has 1 atom stereocenters. The van der Waals surface area contributed by atoms with Gasteiger partial charge in [-0.05, 0) is 68.5 Å². The van der Waals surface area contributed by atoms with Gasteiger partial charge in [0.25, 0.3) is 0 Å². The Bertz CT molecular complexity index is 874. The van der Waals surface area contributed by atoms with Crippen molar-refractivity contribution in [1.29, 1.82) is 0 Å². The molecule has 29 heavy (non-hydrogen) atoms. The number of piperidine rings is 1. The molecule has 3 rings (SSSR count). The summed E-state index contributed by atoms with van der Waals surface area (Å²) in [7, 11) is 0. The van der Waals surface area contributed by atoms with Crippen molar-refractivity contribution < 1.29 is 14.0 Å². The van der Waals surface area contributed by atoms with Crippen molar-refractivity contribution in [3.63, 3.8) is 0 Å². The molecule has 2 N–H and O–H groups in total. The molecule has 0 aromatic heterocycles. The van der Waals surface area contributed by atoms with Crippen LogP contribution in [-0.2, 0) is 4.79 Å². The Kier molecular flexibility index (Phi) is 6.52. The van der Waals surface area contributed by atoms with E-state index in [1.54, 1.807) is 17.0 Å². The van der Waals surface area contributed by atoms with Crippen LogP contribution in [0.5, 0.6) is 0 Å². The normalized spacial score (nSPS) is 15.7. The smallest absolute Gasteiger partial charge is 0.321 e. The molecule has 5 nitrogen and oxygen atoms in total. The van der Waals surface area contributed by atoms with Crippen LogP contribution in [0.2, 0.25) is 0 Å². The largest absolute Gasteiger partial charge is 0.326 e. The lowest BCUT2D eigenvalue weighted by atomic mass is 9.85. The summed E-state index contributed by atoms with van der Waals surface area (Å²) in [5.74, 6) is -0.211. The molecular formula is C23H28FN3O2. The maximum absolute atomic E-state index is 13.0. The molecule has 0 saturated carbocycles. The van der Waals surface area contributed by atoms with Crippen LogP contribution in [0.25, 0.3) is 0 Å². The number of nitrogens with zero attached hydrogens (tertiary/aromatic N) is 1. The van der Waals surface area contributed by atoms with Crippen LogP contribution in [-0.4, -0.2) is 29.9 Å². The molecule has 1 aliphatic rings. The van der Waals surface area contributed by atoms with E-state index in [1.165, 1.54) is 17.7 Å². The number of carbonyl (C=O) groups is 2. The van der Waals surface area contributed by atoms with Gasteiger partial charge in [0.05, 0.1) is 0 Å². The fourth-order valence-electron chi connectivity index (χ4n) is 3.75. The third kappa shape index (κ3) is 5.34. The van der Waals surface area contributed by atoms with Crippen molar-refractivity contribution in [3.05, 3.63) is 59.4 Å².